The fourth-order valence-corrected chi connectivity index (χ4v) is 2.26. The van der Waals surface area contributed by atoms with Crippen molar-refractivity contribution in [2.45, 2.75) is 19.3 Å². The molecule has 1 aromatic rings. The van der Waals surface area contributed by atoms with Crippen LogP contribution in [0.5, 0.6) is 0 Å². The lowest BCUT2D eigenvalue weighted by Crippen LogP contribution is -2.11. The highest BCUT2D eigenvalue weighted by atomic mass is 79.9. The highest BCUT2D eigenvalue weighted by molar-refractivity contribution is 9.10. The topological polar surface area (TPSA) is 72.2 Å². The molecule has 1 N–H and O–H groups in total. The molecular formula is C11H12Br2N2O3. The molecule has 0 aliphatic rings. The van der Waals surface area contributed by atoms with E-state index in [-0.39, 0.29) is 11.6 Å². The van der Waals surface area contributed by atoms with E-state index in [2.05, 4.69) is 37.2 Å². The lowest BCUT2D eigenvalue weighted by atomic mass is 10.2. The lowest BCUT2D eigenvalue weighted by Gasteiger charge is -2.05. The second-order valence-electron chi connectivity index (χ2n) is 3.62. The maximum Gasteiger partial charge on any atom is 0.283 e. The Hall–Kier alpha value is -0.950. The summed E-state index contributed by atoms with van der Waals surface area (Å²) in [6.07, 6.45) is 2.20. The maximum atomic E-state index is 11.5. The third-order valence-corrected chi connectivity index (χ3v) is 3.41. The second-order valence-corrected chi connectivity index (χ2v) is 5.26. The Morgan fingerprint density at radius 1 is 1.39 bits per heavy atom. The summed E-state index contributed by atoms with van der Waals surface area (Å²) < 4.78 is 0.353. The predicted octanol–water partition coefficient (Wildman–Crippen LogP) is 3.86. The number of halogens is 2. The average molecular weight is 380 g/mol. The van der Waals surface area contributed by atoms with Gasteiger partial charge in [0.15, 0.2) is 0 Å². The molecule has 18 heavy (non-hydrogen) atoms. The van der Waals surface area contributed by atoms with Crippen molar-refractivity contribution in [3.05, 3.63) is 32.8 Å². The van der Waals surface area contributed by atoms with Gasteiger partial charge < -0.3 is 5.32 Å². The van der Waals surface area contributed by atoms with Crippen LogP contribution in [0.15, 0.2) is 22.7 Å². The highest BCUT2D eigenvalue weighted by Crippen LogP contribution is 2.27. The lowest BCUT2D eigenvalue weighted by molar-refractivity contribution is -0.385. The number of rotatable bonds is 6. The van der Waals surface area contributed by atoms with Crippen LogP contribution in [-0.2, 0) is 4.79 Å². The average Bonchev–Trinajstić information content (AvgIpc) is 2.28. The van der Waals surface area contributed by atoms with Crippen LogP contribution in [0.3, 0.4) is 0 Å². The van der Waals surface area contributed by atoms with Crippen LogP contribution in [0, 0.1) is 10.1 Å². The van der Waals surface area contributed by atoms with Crippen molar-refractivity contribution in [2.75, 3.05) is 10.6 Å². The van der Waals surface area contributed by atoms with Crippen molar-refractivity contribution in [1.82, 2.24) is 0 Å². The van der Waals surface area contributed by atoms with Gasteiger partial charge in [-0.15, -0.1) is 0 Å². The van der Waals surface area contributed by atoms with E-state index in [0.717, 1.165) is 18.2 Å². The van der Waals surface area contributed by atoms with Crippen molar-refractivity contribution in [2.24, 2.45) is 0 Å². The molecule has 0 unspecified atom stereocenters. The van der Waals surface area contributed by atoms with Gasteiger partial charge in [0.25, 0.3) is 5.69 Å². The fourth-order valence-electron chi connectivity index (χ4n) is 1.34. The van der Waals surface area contributed by atoms with Crippen molar-refractivity contribution in [1.29, 1.82) is 0 Å². The van der Waals surface area contributed by atoms with E-state index in [0.29, 0.717) is 16.6 Å². The van der Waals surface area contributed by atoms with E-state index in [4.69, 9.17) is 0 Å². The number of nitro benzene ring substituents is 1. The number of unbranched alkanes of at least 4 members (excludes halogenated alkanes) is 1. The Morgan fingerprint density at radius 3 is 2.67 bits per heavy atom. The van der Waals surface area contributed by atoms with Crippen molar-refractivity contribution >= 4 is 49.1 Å². The second kappa shape index (κ2) is 7.48. The molecule has 0 spiro atoms. The van der Waals surface area contributed by atoms with E-state index in [1.54, 1.807) is 0 Å². The minimum Gasteiger partial charge on any atom is -0.326 e. The number of nitro groups is 1. The van der Waals surface area contributed by atoms with E-state index in [9.17, 15) is 14.9 Å². The molecule has 0 heterocycles. The van der Waals surface area contributed by atoms with Gasteiger partial charge >= 0.3 is 0 Å². The maximum absolute atomic E-state index is 11.5. The summed E-state index contributed by atoms with van der Waals surface area (Å²) >= 11 is 6.40. The van der Waals surface area contributed by atoms with Crippen molar-refractivity contribution in [3.8, 4) is 0 Å². The summed E-state index contributed by atoms with van der Waals surface area (Å²) in [4.78, 5) is 21.7. The Balaban J connectivity index is 2.60. The van der Waals surface area contributed by atoms with E-state index >= 15 is 0 Å². The number of hydrogen-bond acceptors (Lipinski definition) is 3. The van der Waals surface area contributed by atoms with E-state index in [1.165, 1.54) is 18.2 Å². The molecule has 0 aliphatic heterocycles. The number of nitrogens with zero attached hydrogens (tertiary/aromatic N) is 1. The normalized spacial score (nSPS) is 10.1. The number of benzene rings is 1. The molecule has 0 atom stereocenters. The predicted molar refractivity (Wildman–Crippen MR) is 77.1 cm³/mol. The minimum absolute atomic E-state index is 0.0210. The first-order valence-corrected chi connectivity index (χ1v) is 7.26. The van der Waals surface area contributed by atoms with Crippen LogP contribution in [0.1, 0.15) is 19.3 Å². The molecule has 0 saturated carbocycles. The van der Waals surface area contributed by atoms with Gasteiger partial charge in [-0.2, -0.15) is 0 Å². The largest absolute Gasteiger partial charge is 0.326 e. The van der Waals surface area contributed by atoms with E-state index < -0.39 is 4.92 Å². The molecule has 5 nitrogen and oxygen atoms in total. The Bertz CT molecular complexity index is 452. The molecule has 0 bridgehead atoms. The molecular weight excluding hydrogens is 368 g/mol. The summed E-state index contributed by atoms with van der Waals surface area (Å²) in [6, 6.07) is 4.41. The van der Waals surface area contributed by atoms with Crippen LogP contribution in [0.2, 0.25) is 0 Å². The quantitative estimate of drug-likeness (QED) is 0.353. The molecule has 0 aliphatic carbocycles. The highest BCUT2D eigenvalue weighted by Gasteiger charge is 2.12. The summed E-state index contributed by atoms with van der Waals surface area (Å²) in [5, 5.41) is 14.2. The van der Waals surface area contributed by atoms with Crippen LogP contribution < -0.4 is 5.32 Å². The van der Waals surface area contributed by atoms with Gasteiger partial charge in [-0.1, -0.05) is 15.9 Å². The molecule has 1 rings (SSSR count). The summed E-state index contributed by atoms with van der Waals surface area (Å²) in [6.45, 7) is 0. The zero-order chi connectivity index (χ0) is 13.5. The summed E-state index contributed by atoms with van der Waals surface area (Å²) in [5.41, 5.74) is 0.531. The van der Waals surface area contributed by atoms with Gasteiger partial charge in [0.2, 0.25) is 5.91 Å². The molecule has 0 aromatic heterocycles. The number of carbonyl (C=O) groups is 1. The number of nitrogens with one attached hydrogen (secondary N) is 1. The standard InChI is InChI=1S/C11H12Br2N2O3/c12-6-2-1-3-11(16)14-8-4-5-10(15(17)18)9(13)7-8/h4-5,7H,1-3,6H2,(H,14,16). The van der Waals surface area contributed by atoms with Crippen LogP contribution in [-0.4, -0.2) is 16.2 Å². The van der Waals surface area contributed by atoms with Gasteiger partial charge in [0, 0.05) is 23.5 Å². The van der Waals surface area contributed by atoms with Crippen molar-refractivity contribution in [3.63, 3.8) is 0 Å². The minimum atomic E-state index is -0.480. The molecule has 1 aromatic carbocycles. The molecule has 1 amide bonds. The zero-order valence-electron chi connectivity index (χ0n) is 9.49. The number of alkyl halides is 1. The first kappa shape index (κ1) is 15.1. The Morgan fingerprint density at radius 2 is 2.11 bits per heavy atom. The van der Waals surface area contributed by atoms with E-state index in [1.807, 2.05) is 0 Å². The first-order chi connectivity index (χ1) is 8.54. The molecule has 7 heteroatoms. The fraction of sp³-hybridized carbons (Fsp3) is 0.364. The van der Waals surface area contributed by atoms with Crippen LogP contribution in [0.4, 0.5) is 11.4 Å². The summed E-state index contributed by atoms with van der Waals surface area (Å²) in [7, 11) is 0. The zero-order valence-corrected chi connectivity index (χ0v) is 12.7. The number of carbonyl (C=O) groups excluding carboxylic acids is 1. The Labute approximate surface area is 121 Å². The van der Waals surface area contributed by atoms with Crippen LogP contribution in [0.25, 0.3) is 0 Å². The molecule has 0 saturated heterocycles. The number of hydrogen-bond donors (Lipinski definition) is 1. The summed E-state index contributed by atoms with van der Waals surface area (Å²) in [5.74, 6) is -0.0864. The molecule has 0 radical (unpaired) electrons. The number of amides is 1. The smallest absolute Gasteiger partial charge is 0.283 e. The van der Waals surface area contributed by atoms with Gasteiger partial charge in [-0.3, -0.25) is 14.9 Å². The van der Waals surface area contributed by atoms with Crippen molar-refractivity contribution < 1.29 is 9.72 Å². The number of anilines is 1. The van der Waals surface area contributed by atoms with Gasteiger partial charge in [0.1, 0.15) is 0 Å². The molecule has 0 fully saturated rings. The van der Waals surface area contributed by atoms with Crippen LogP contribution >= 0.6 is 31.9 Å². The Kier molecular flexibility index (Phi) is 6.28. The first-order valence-electron chi connectivity index (χ1n) is 5.34. The third-order valence-electron chi connectivity index (χ3n) is 2.22. The molecule has 98 valence electrons. The van der Waals surface area contributed by atoms with Gasteiger partial charge in [0.05, 0.1) is 9.40 Å². The van der Waals surface area contributed by atoms with Gasteiger partial charge in [-0.25, -0.2) is 0 Å². The van der Waals surface area contributed by atoms with Gasteiger partial charge in [-0.05, 0) is 40.9 Å². The monoisotopic (exact) mass is 378 g/mol. The SMILES string of the molecule is O=C(CCCCBr)Nc1ccc([N+](=O)[O-])c(Br)c1. The third kappa shape index (κ3) is 4.73.